The second kappa shape index (κ2) is 11.7. The minimum absolute atomic E-state index is 0.0660. The van der Waals surface area contributed by atoms with Gasteiger partial charge >= 0.3 is 5.97 Å². The number of benzene rings is 2. The Hall–Kier alpha value is -5.18. The van der Waals surface area contributed by atoms with E-state index in [1.54, 1.807) is 30.9 Å². The number of nitrogens with zero attached hydrogens (tertiary/aromatic N) is 3. The fraction of sp³-hybridized carbons (Fsp3) is 0.259. The number of hydrogen-bond acceptors (Lipinski definition) is 9. The normalized spacial score (nSPS) is 13.9. The number of phenolic OH excluding ortho intramolecular Hbond substituents is 1. The van der Waals surface area contributed by atoms with Gasteiger partial charge in [0.15, 0.2) is 17.5 Å². The van der Waals surface area contributed by atoms with Gasteiger partial charge in [0.2, 0.25) is 11.6 Å². The summed E-state index contributed by atoms with van der Waals surface area (Å²) in [5.74, 6) is -6.06. The number of carbonyl (C=O) groups is 1. The van der Waals surface area contributed by atoms with Crippen LogP contribution in [0.4, 0.5) is 20.2 Å². The Bertz CT molecular complexity index is 1540. The van der Waals surface area contributed by atoms with Gasteiger partial charge in [-0.15, -0.1) is 0 Å². The van der Waals surface area contributed by atoms with E-state index in [1.807, 2.05) is 0 Å². The predicted molar refractivity (Wildman–Crippen MR) is 151 cm³/mol. The fourth-order valence-electron chi connectivity index (χ4n) is 4.30. The highest BCUT2D eigenvalue weighted by molar-refractivity contribution is 5.95. The number of guanidine groups is 1. The molecule has 15 heteroatoms. The molecular formula is C27H30F2N8O5. The van der Waals surface area contributed by atoms with Crippen molar-refractivity contribution in [3.8, 4) is 29.0 Å². The zero-order chi connectivity index (χ0) is 30.8. The van der Waals surface area contributed by atoms with E-state index in [0.29, 0.717) is 5.69 Å². The molecule has 1 aliphatic heterocycles. The minimum Gasteiger partial charge on any atom is -0.504 e. The molecule has 0 amide bonds. The summed E-state index contributed by atoms with van der Waals surface area (Å²) in [6.07, 6.45) is 0. The predicted octanol–water partition coefficient (Wildman–Crippen LogP) is 3.22. The number of ether oxygens (including phenoxy) is 2. The first-order valence-corrected chi connectivity index (χ1v) is 12.6. The first-order valence-electron chi connectivity index (χ1n) is 12.6. The SMILES string of the molecule is CC(C)(C(=O)O)N1CCN(c2c(F)c(Oc3cccc(NC(=N)N)c3)nc(Oc3cc(C(=N)N)ccc3O)c2F)CC1. The van der Waals surface area contributed by atoms with E-state index in [9.17, 15) is 15.0 Å². The molecule has 1 aliphatic rings. The van der Waals surface area contributed by atoms with Crippen molar-refractivity contribution in [3.05, 3.63) is 59.7 Å². The van der Waals surface area contributed by atoms with E-state index in [0.717, 1.165) is 0 Å². The molecule has 0 saturated carbocycles. The molecule has 3 aromatic rings. The number of piperazine rings is 1. The summed E-state index contributed by atoms with van der Waals surface area (Å²) in [5, 5.41) is 37.5. The van der Waals surface area contributed by atoms with Crippen molar-refractivity contribution in [3.63, 3.8) is 0 Å². The lowest BCUT2D eigenvalue weighted by Gasteiger charge is -2.42. The molecule has 0 spiro atoms. The molecule has 222 valence electrons. The lowest BCUT2D eigenvalue weighted by molar-refractivity contribution is -0.149. The molecule has 0 radical (unpaired) electrons. The number of aromatic nitrogens is 1. The van der Waals surface area contributed by atoms with Crippen molar-refractivity contribution in [2.24, 2.45) is 11.5 Å². The van der Waals surface area contributed by atoms with Crippen LogP contribution in [0.3, 0.4) is 0 Å². The average Bonchev–Trinajstić information content (AvgIpc) is 2.92. The summed E-state index contributed by atoms with van der Waals surface area (Å²) in [7, 11) is 0. The Balaban J connectivity index is 1.75. The summed E-state index contributed by atoms with van der Waals surface area (Å²) in [4.78, 5) is 18.7. The van der Waals surface area contributed by atoms with Gasteiger partial charge in [0, 0.05) is 43.5 Å². The molecule has 0 unspecified atom stereocenters. The third kappa shape index (κ3) is 6.25. The van der Waals surface area contributed by atoms with E-state index in [2.05, 4.69) is 10.3 Å². The third-order valence-electron chi connectivity index (χ3n) is 6.71. The number of nitrogens with one attached hydrogen (secondary N) is 3. The van der Waals surface area contributed by atoms with E-state index in [1.165, 1.54) is 35.2 Å². The molecule has 42 heavy (non-hydrogen) atoms. The van der Waals surface area contributed by atoms with E-state index < -0.39 is 46.3 Å². The Labute approximate surface area is 239 Å². The first kappa shape index (κ1) is 29.8. The van der Waals surface area contributed by atoms with Crippen LogP contribution in [0, 0.1) is 22.5 Å². The highest BCUT2D eigenvalue weighted by Crippen LogP contribution is 2.40. The van der Waals surface area contributed by atoms with Gasteiger partial charge in [-0.1, -0.05) is 6.07 Å². The Morgan fingerprint density at radius 3 is 2.26 bits per heavy atom. The summed E-state index contributed by atoms with van der Waals surface area (Å²) < 4.78 is 43.1. The number of anilines is 2. The number of rotatable bonds is 9. The molecule has 0 aliphatic carbocycles. The maximum absolute atomic E-state index is 16.0. The van der Waals surface area contributed by atoms with Crippen LogP contribution < -0.4 is 31.2 Å². The molecule has 1 saturated heterocycles. The molecule has 0 bridgehead atoms. The van der Waals surface area contributed by atoms with Gasteiger partial charge < -0.3 is 41.4 Å². The van der Waals surface area contributed by atoms with Crippen molar-refractivity contribution >= 4 is 29.1 Å². The van der Waals surface area contributed by atoms with Gasteiger partial charge in [-0.25, -0.2) is 0 Å². The van der Waals surface area contributed by atoms with Crippen molar-refractivity contribution < 1.29 is 33.3 Å². The van der Waals surface area contributed by atoms with Crippen molar-refractivity contribution in [2.45, 2.75) is 19.4 Å². The quantitative estimate of drug-likeness (QED) is 0.143. The van der Waals surface area contributed by atoms with Gasteiger partial charge in [-0.2, -0.15) is 13.8 Å². The maximum atomic E-state index is 16.0. The Morgan fingerprint density at radius 1 is 1.02 bits per heavy atom. The number of phenols is 1. The number of carboxylic acids is 1. The van der Waals surface area contributed by atoms with Gasteiger partial charge in [0.25, 0.3) is 11.8 Å². The third-order valence-corrected chi connectivity index (χ3v) is 6.71. The number of pyridine rings is 1. The smallest absolute Gasteiger partial charge is 0.323 e. The van der Waals surface area contributed by atoms with Crippen LogP contribution in [0.1, 0.15) is 19.4 Å². The zero-order valence-corrected chi connectivity index (χ0v) is 22.7. The molecule has 1 aromatic heterocycles. The van der Waals surface area contributed by atoms with Gasteiger partial charge in [-0.05, 0) is 44.2 Å². The second-order valence-electron chi connectivity index (χ2n) is 9.90. The van der Waals surface area contributed by atoms with Crippen molar-refractivity contribution in [2.75, 3.05) is 36.4 Å². The highest BCUT2D eigenvalue weighted by atomic mass is 19.1. The van der Waals surface area contributed by atoms with Crippen LogP contribution in [-0.4, -0.2) is 69.6 Å². The molecule has 13 nitrogen and oxygen atoms in total. The van der Waals surface area contributed by atoms with E-state index in [4.69, 9.17) is 31.8 Å². The lowest BCUT2D eigenvalue weighted by atomic mass is 10.0. The van der Waals surface area contributed by atoms with Crippen LogP contribution in [-0.2, 0) is 4.79 Å². The standard InChI is InChI=1S/C27H30F2N8O5/c1-27(2,25(39)40)37-10-8-36(9-11-37)21-19(28)23(41-16-5-3-4-15(13-16)34-26(32)33)35-24(20(21)29)42-18-12-14(22(30)31)6-7-17(18)38/h3-7,12-13,38H,8-11H2,1-2H3,(H3,30,31)(H,39,40)(H4,32,33,34). The molecule has 2 aromatic carbocycles. The van der Waals surface area contributed by atoms with E-state index in [-0.39, 0.29) is 55.0 Å². The first-order chi connectivity index (χ1) is 19.8. The monoisotopic (exact) mass is 584 g/mol. The van der Waals surface area contributed by atoms with Crippen LogP contribution in [0.15, 0.2) is 42.5 Å². The summed E-state index contributed by atoms with van der Waals surface area (Å²) in [6, 6.07) is 9.79. The lowest BCUT2D eigenvalue weighted by Crippen LogP contribution is -2.58. The molecule has 1 fully saturated rings. The summed E-state index contributed by atoms with van der Waals surface area (Å²) in [6.45, 7) is 3.60. The second-order valence-corrected chi connectivity index (χ2v) is 9.90. The van der Waals surface area contributed by atoms with Crippen molar-refractivity contribution in [1.29, 1.82) is 10.8 Å². The van der Waals surface area contributed by atoms with Gasteiger partial charge in [0.05, 0.1) is 0 Å². The Morgan fingerprint density at radius 2 is 1.67 bits per heavy atom. The van der Waals surface area contributed by atoms with E-state index >= 15 is 8.78 Å². The molecule has 2 heterocycles. The fourth-order valence-corrected chi connectivity index (χ4v) is 4.30. The van der Waals surface area contributed by atoms with Crippen LogP contribution >= 0.6 is 0 Å². The Kier molecular flexibility index (Phi) is 8.33. The zero-order valence-electron chi connectivity index (χ0n) is 22.7. The van der Waals surface area contributed by atoms with Crippen LogP contribution in [0.2, 0.25) is 0 Å². The van der Waals surface area contributed by atoms with Gasteiger partial charge in [0.1, 0.15) is 22.8 Å². The number of aliphatic carboxylic acids is 1. The molecule has 4 rings (SSSR count). The number of carboxylic acid groups (broad SMARTS) is 1. The number of hydrogen-bond donors (Lipinski definition) is 7. The van der Waals surface area contributed by atoms with Crippen LogP contribution in [0.25, 0.3) is 0 Å². The maximum Gasteiger partial charge on any atom is 0.323 e. The topological polar surface area (TPSA) is 207 Å². The molecular weight excluding hydrogens is 554 g/mol. The number of nitrogens with two attached hydrogens (primary N) is 2. The summed E-state index contributed by atoms with van der Waals surface area (Å²) >= 11 is 0. The number of amidine groups is 1. The largest absolute Gasteiger partial charge is 0.504 e. The van der Waals surface area contributed by atoms with Crippen LogP contribution in [0.5, 0.6) is 29.0 Å². The highest BCUT2D eigenvalue weighted by Gasteiger charge is 2.38. The molecule has 9 N–H and O–H groups in total. The van der Waals surface area contributed by atoms with Crippen molar-refractivity contribution in [1.82, 2.24) is 9.88 Å². The minimum atomic E-state index is -1.19. The number of nitrogen functional groups attached to an aromatic ring is 1. The molecule has 0 atom stereocenters. The average molecular weight is 585 g/mol. The van der Waals surface area contributed by atoms with Gasteiger partial charge in [-0.3, -0.25) is 20.5 Å². The number of halogens is 2. The summed E-state index contributed by atoms with van der Waals surface area (Å²) in [5.41, 5.74) is 9.72. The number of aromatic hydroxyl groups is 1.